The topological polar surface area (TPSA) is 44.7 Å². The van der Waals surface area contributed by atoms with Gasteiger partial charge < -0.3 is 15.2 Å². The zero-order valence-corrected chi connectivity index (χ0v) is 11.6. The fraction of sp³-hybridized carbons (Fsp3) is 0.600. The minimum absolute atomic E-state index is 0.237. The van der Waals surface area contributed by atoms with Gasteiger partial charge in [0.2, 0.25) is 0 Å². The largest absolute Gasteiger partial charge is 0.508 e. The van der Waals surface area contributed by atoms with Gasteiger partial charge in [0.1, 0.15) is 11.5 Å². The molecule has 2 aliphatic heterocycles. The maximum absolute atomic E-state index is 10.1. The Hall–Kier alpha value is -1.26. The van der Waals surface area contributed by atoms with E-state index in [0.717, 1.165) is 49.3 Å². The summed E-state index contributed by atoms with van der Waals surface area (Å²) < 4.78 is 5.26. The molecule has 0 amide bonds. The Morgan fingerprint density at radius 3 is 2.63 bits per heavy atom. The maximum atomic E-state index is 10.1. The maximum Gasteiger partial charge on any atom is 0.120 e. The summed E-state index contributed by atoms with van der Waals surface area (Å²) in [5, 5.41) is 13.5. The van der Waals surface area contributed by atoms with Crippen LogP contribution in [0.25, 0.3) is 0 Å². The standard InChI is InChI=1S/C15H22N2O2/c1-10(14-5-13(19-2)3-4-15(14)18)17-8-11-6-16-7-12(11)9-17/h3-5,10-12,16,18H,6-9H2,1-2H3. The number of phenolic OH excluding ortho intramolecular Hbond substituents is 1. The first kappa shape index (κ1) is 12.8. The second-order valence-electron chi connectivity index (χ2n) is 5.73. The third-order valence-electron chi connectivity index (χ3n) is 4.65. The van der Waals surface area contributed by atoms with Crippen LogP contribution in [-0.4, -0.2) is 43.3 Å². The molecule has 4 nitrogen and oxygen atoms in total. The molecule has 3 rings (SSSR count). The lowest BCUT2D eigenvalue weighted by Crippen LogP contribution is -2.28. The molecule has 19 heavy (non-hydrogen) atoms. The summed E-state index contributed by atoms with van der Waals surface area (Å²) in [7, 11) is 1.66. The minimum Gasteiger partial charge on any atom is -0.508 e. The summed E-state index contributed by atoms with van der Waals surface area (Å²) in [4.78, 5) is 2.48. The van der Waals surface area contributed by atoms with Gasteiger partial charge in [-0.05, 0) is 50.0 Å². The number of ether oxygens (including phenoxy) is 1. The van der Waals surface area contributed by atoms with Crippen LogP contribution in [0.3, 0.4) is 0 Å². The van der Waals surface area contributed by atoms with E-state index in [9.17, 15) is 5.11 Å². The van der Waals surface area contributed by atoms with Gasteiger partial charge in [-0.3, -0.25) is 4.90 Å². The van der Waals surface area contributed by atoms with Crippen LogP contribution < -0.4 is 10.1 Å². The number of hydrogen-bond donors (Lipinski definition) is 2. The van der Waals surface area contributed by atoms with Gasteiger partial charge in [-0.2, -0.15) is 0 Å². The Morgan fingerprint density at radius 2 is 2.00 bits per heavy atom. The predicted molar refractivity (Wildman–Crippen MR) is 74.5 cm³/mol. The summed E-state index contributed by atoms with van der Waals surface area (Å²) in [5.41, 5.74) is 0.965. The molecule has 0 aliphatic carbocycles. The van der Waals surface area contributed by atoms with Gasteiger partial charge in [0.15, 0.2) is 0 Å². The van der Waals surface area contributed by atoms with E-state index >= 15 is 0 Å². The number of likely N-dealkylation sites (tertiary alicyclic amines) is 1. The molecule has 0 aromatic heterocycles. The van der Waals surface area contributed by atoms with Gasteiger partial charge in [-0.1, -0.05) is 0 Å². The van der Waals surface area contributed by atoms with Crippen molar-refractivity contribution in [3.63, 3.8) is 0 Å². The number of rotatable bonds is 3. The van der Waals surface area contributed by atoms with Crippen LogP contribution in [-0.2, 0) is 0 Å². The summed E-state index contributed by atoms with van der Waals surface area (Å²) in [5.74, 6) is 2.72. The van der Waals surface area contributed by atoms with Crippen LogP contribution in [0.4, 0.5) is 0 Å². The third-order valence-corrected chi connectivity index (χ3v) is 4.65. The molecule has 104 valence electrons. The van der Waals surface area contributed by atoms with Crippen molar-refractivity contribution in [2.45, 2.75) is 13.0 Å². The molecule has 2 heterocycles. The molecular weight excluding hydrogens is 240 g/mol. The third kappa shape index (κ3) is 2.30. The number of benzene rings is 1. The highest BCUT2D eigenvalue weighted by molar-refractivity contribution is 5.41. The van der Waals surface area contributed by atoms with Crippen LogP contribution in [0.2, 0.25) is 0 Å². The van der Waals surface area contributed by atoms with E-state index in [1.165, 1.54) is 0 Å². The van der Waals surface area contributed by atoms with Crippen LogP contribution in [0.15, 0.2) is 18.2 Å². The van der Waals surface area contributed by atoms with Crippen LogP contribution >= 0.6 is 0 Å². The van der Waals surface area contributed by atoms with E-state index in [0.29, 0.717) is 5.75 Å². The van der Waals surface area contributed by atoms with Crippen molar-refractivity contribution in [1.29, 1.82) is 0 Å². The molecule has 2 fully saturated rings. The highest BCUT2D eigenvalue weighted by Crippen LogP contribution is 2.36. The molecule has 0 spiro atoms. The van der Waals surface area contributed by atoms with Gasteiger partial charge in [-0.15, -0.1) is 0 Å². The number of nitrogens with one attached hydrogen (secondary N) is 1. The van der Waals surface area contributed by atoms with Crippen molar-refractivity contribution in [3.05, 3.63) is 23.8 Å². The average Bonchev–Trinajstić information content (AvgIpc) is 2.99. The number of aromatic hydroxyl groups is 1. The van der Waals surface area contributed by atoms with Crippen molar-refractivity contribution < 1.29 is 9.84 Å². The lowest BCUT2D eigenvalue weighted by molar-refractivity contribution is 0.239. The van der Waals surface area contributed by atoms with E-state index in [4.69, 9.17) is 4.74 Å². The molecule has 1 aromatic rings. The average molecular weight is 262 g/mol. The van der Waals surface area contributed by atoms with E-state index in [1.54, 1.807) is 19.2 Å². The van der Waals surface area contributed by atoms with Gasteiger partial charge in [0.25, 0.3) is 0 Å². The SMILES string of the molecule is COc1ccc(O)c(C(C)N2CC3CNCC3C2)c1. The van der Waals surface area contributed by atoms with E-state index in [-0.39, 0.29) is 6.04 Å². The molecule has 2 aliphatic rings. The van der Waals surface area contributed by atoms with E-state index < -0.39 is 0 Å². The molecule has 0 saturated carbocycles. The Bertz CT molecular complexity index is 451. The zero-order valence-electron chi connectivity index (χ0n) is 11.6. The minimum atomic E-state index is 0.237. The van der Waals surface area contributed by atoms with Gasteiger partial charge in [-0.25, -0.2) is 0 Å². The van der Waals surface area contributed by atoms with Crippen molar-refractivity contribution >= 4 is 0 Å². The summed E-state index contributed by atoms with van der Waals surface area (Å²) in [6.45, 7) is 6.68. The molecular formula is C15H22N2O2. The fourth-order valence-corrected chi connectivity index (χ4v) is 3.40. The monoisotopic (exact) mass is 262 g/mol. The molecule has 2 saturated heterocycles. The Kier molecular flexibility index (Phi) is 3.37. The van der Waals surface area contributed by atoms with E-state index in [2.05, 4.69) is 17.1 Å². The Labute approximate surface area is 114 Å². The number of fused-ring (bicyclic) bond motifs is 1. The molecule has 3 unspecified atom stereocenters. The normalized spacial score (nSPS) is 28.3. The first-order chi connectivity index (χ1) is 9.19. The summed E-state index contributed by atoms with van der Waals surface area (Å²) >= 11 is 0. The molecule has 0 bridgehead atoms. The number of hydrogen-bond acceptors (Lipinski definition) is 4. The second-order valence-corrected chi connectivity index (χ2v) is 5.73. The van der Waals surface area contributed by atoms with E-state index in [1.807, 2.05) is 6.07 Å². The summed E-state index contributed by atoms with van der Waals surface area (Å²) in [6, 6.07) is 5.71. The van der Waals surface area contributed by atoms with Crippen LogP contribution in [0, 0.1) is 11.8 Å². The lowest BCUT2D eigenvalue weighted by atomic mass is 10.0. The number of phenols is 1. The predicted octanol–water partition coefficient (Wildman–Crippen LogP) is 1.61. The van der Waals surface area contributed by atoms with Crippen LogP contribution in [0.1, 0.15) is 18.5 Å². The first-order valence-corrected chi connectivity index (χ1v) is 7.00. The highest BCUT2D eigenvalue weighted by atomic mass is 16.5. The highest BCUT2D eigenvalue weighted by Gasteiger charge is 2.38. The smallest absolute Gasteiger partial charge is 0.120 e. The molecule has 0 radical (unpaired) electrons. The molecule has 2 N–H and O–H groups in total. The summed E-state index contributed by atoms with van der Waals surface area (Å²) in [6.07, 6.45) is 0. The quantitative estimate of drug-likeness (QED) is 0.869. The van der Waals surface area contributed by atoms with Gasteiger partial charge in [0, 0.05) is 24.7 Å². The molecule has 3 atom stereocenters. The number of nitrogens with zero attached hydrogens (tertiary/aromatic N) is 1. The van der Waals surface area contributed by atoms with Gasteiger partial charge >= 0.3 is 0 Å². The Balaban J connectivity index is 1.78. The van der Waals surface area contributed by atoms with Crippen molar-refractivity contribution in [1.82, 2.24) is 10.2 Å². The lowest BCUT2D eigenvalue weighted by Gasteiger charge is -2.26. The first-order valence-electron chi connectivity index (χ1n) is 7.00. The van der Waals surface area contributed by atoms with Crippen LogP contribution in [0.5, 0.6) is 11.5 Å². The number of methoxy groups -OCH3 is 1. The second kappa shape index (κ2) is 5.02. The Morgan fingerprint density at radius 1 is 1.32 bits per heavy atom. The fourth-order valence-electron chi connectivity index (χ4n) is 3.40. The van der Waals surface area contributed by atoms with Crippen molar-refractivity contribution in [3.8, 4) is 11.5 Å². The zero-order chi connectivity index (χ0) is 13.4. The molecule has 1 aromatic carbocycles. The molecule has 4 heteroatoms. The van der Waals surface area contributed by atoms with Gasteiger partial charge in [0.05, 0.1) is 7.11 Å². The van der Waals surface area contributed by atoms with Crippen molar-refractivity contribution in [2.24, 2.45) is 11.8 Å². The van der Waals surface area contributed by atoms with Crippen molar-refractivity contribution in [2.75, 3.05) is 33.3 Å².